The van der Waals surface area contributed by atoms with Crippen LogP contribution in [0.4, 0.5) is 0 Å². The van der Waals surface area contributed by atoms with Crippen LogP contribution in [0.1, 0.15) is 30.0 Å². The zero-order valence-corrected chi connectivity index (χ0v) is 16.6. The molecule has 2 aromatic rings. The van der Waals surface area contributed by atoms with Gasteiger partial charge < -0.3 is 24.6 Å². The first-order valence-electron chi connectivity index (χ1n) is 9.83. The van der Waals surface area contributed by atoms with E-state index in [0.29, 0.717) is 23.5 Å². The Balaban J connectivity index is 1.83. The van der Waals surface area contributed by atoms with E-state index in [1.807, 2.05) is 0 Å². The molecule has 2 aliphatic rings. The van der Waals surface area contributed by atoms with Crippen LogP contribution in [0.25, 0.3) is 5.76 Å². The molecule has 30 heavy (non-hydrogen) atoms. The summed E-state index contributed by atoms with van der Waals surface area (Å²) in [6, 6.07) is 12.2. The van der Waals surface area contributed by atoms with Gasteiger partial charge in [-0.05, 0) is 42.7 Å². The van der Waals surface area contributed by atoms with Crippen LogP contribution in [0.5, 0.6) is 11.5 Å². The van der Waals surface area contributed by atoms with Crippen molar-refractivity contribution in [2.45, 2.75) is 25.0 Å². The Labute approximate surface area is 174 Å². The zero-order chi connectivity index (χ0) is 21.3. The number of aliphatic hydroxyl groups excluding tert-OH is 1. The van der Waals surface area contributed by atoms with Gasteiger partial charge >= 0.3 is 0 Å². The number of aliphatic hydroxyl groups is 1. The maximum Gasteiger partial charge on any atom is 0.295 e. The molecule has 0 radical (unpaired) electrons. The van der Waals surface area contributed by atoms with E-state index in [4.69, 9.17) is 9.47 Å². The second-order valence-corrected chi connectivity index (χ2v) is 7.41. The van der Waals surface area contributed by atoms with E-state index in [2.05, 4.69) is 0 Å². The highest BCUT2D eigenvalue weighted by Crippen LogP contribution is 2.41. The summed E-state index contributed by atoms with van der Waals surface area (Å²) in [6.45, 7) is 0.856. The first-order valence-corrected chi connectivity index (χ1v) is 9.83. The smallest absolute Gasteiger partial charge is 0.295 e. The molecule has 2 saturated heterocycles. The molecule has 0 spiro atoms. The minimum Gasteiger partial charge on any atom is -0.508 e. The van der Waals surface area contributed by atoms with Crippen LogP contribution >= 0.6 is 0 Å². The molecule has 4 rings (SSSR count). The third-order valence-corrected chi connectivity index (χ3v) is 5.49. The molecule has 0 aromatic heterocycles. The number of Topliss-reactive ketones (excluding diaryl/α,β-unsaturated/α-hetero) is 1. The van der Waals surface area contributed by atoms with Gasteiger partial charge in [-0.1, -0.05) is 24.3 Å². The molecule has 2 heterocycles. The van der Waals surface area contributed by atoms with Gasteiger partial charge in [0.15, 0.2) is 0 Å². The number of amides is 1. The summed E-state index contributed by atoms with van der Waals surface area (Å²) in [7, 11) is 1.51. The zero-order valence-electron chi connectivity index (χ0n) is 16.6. The number of hydrogen-bond donors (Lipinski definition) is 2. The van der Waals surface area contributed by atoms with Gasteiger partial charge in [0.1, 0.15) is 17.3 Å². The normalized spacial score (nSPS) is 23.2. The molecule has 156 valence electrons. The average Bonchev–Trinajstić information content (AvgIpc) is 3.35. The molecule has 2 fully saturated rings. The van der Waals surface area contributed by atoms with Crippen molar-refractivity contribution in [3.8, 4) is 11.5 Å². The number of phenolic OH excluding ortho intramolecular Hbond substituents is 1. The van der Waals surface area contributed by atoms with Crippen LogP contribution in [0.2, 0.25) is 0 Å². The number of likely N-dealkylation sites (tertiary alicyclic amines) is 1. The van der Waals surface area contributed by atoms with E-state index in [1.54, 1.807) is 36.4 Å². The maximum atomic E-state index is 13.0. The van der Waals surface area contributed by atoms with Gasteiger partial charge in [0.05, 0.1) is 24.8 Å². The van der Waals surface area contributed by atoms with Crippen molar-refractivity contribution in [1.29, 1.82) is 0 Å². The molecule has 2 aliphatic heterocycles. The highest BCUT2D eigenvalue weighted by Gasteiger charge is 2.47. The molecule has 0 bridgehead atoms. The van der Waals surface area contributed by atoms with E-state index in [1.165, 1.54) is 24.1 Å². The van der Waals surface area contributed by atoms with Gasteiger partial charge in [-0.15, -0.1) is 0 Å². The number of carbonyl (C=O) groups is 2. The SMILES string of the molecule is COc1cccc(/C(O)=C2/C(=O)C(=O)N(CC3CCCO3)C2c2cccc(O)c2)c1. The highest BCUT2D eigenvalue weighted by atomic mass is 16.5. The highest BCUT2D eigenvalue weighted by molar-refractivity contribution is 6.46. The lowest BCUT2D eigenvalue weighted by atomic mass is 9.95. The summed E-state index contributed by atoms with van der Waals surface area (Å²) in [5.41, 5.74) is 0.892. The van der Waals surface area contributed by atoms with E-state index >= 15 is 0 Å². The van der Waals surface area contributed by atoms with Crippen molar-refractivity contribution in [2.75, 3.05) is 20.3 Å². The summed E-state index contributed by atoms with van der Waals surface area (Å²) < 4.78 is 10.9. The number of aromatic hydroxyl groups is 1. The minimum absolute atomic E-state index is 0.0107. The molecular formula is C23H23NO6. The predicted molar refractivity (Wildman–Crippen MR) is 109 cm³/mol. The predicted octanol–water partition coefficient (Wildman–Crippen LogP) is 3.00. The third kappa shape index (κ3) is 3.64. The van der Waals surface area contributed by atoms with Crippen molar-refractivity contribution in [1.82, 2.24) is 4.90 Å². The molecule has 1 amide bonds. The molecule has 0 aliphatic carbocycles. The number of nitrogens with zero attached hydrogens (tertiary/aromatic N) is 1. The first kappa shape index (κ1) is 20.0. The Morgan fingerprint density at radius 2 is 2.00 bits per heavy atom. The van der Waals surface area contributed by atoms with E-state index < -0.39 is 17.7 Å². The fraction of sp³-hybridized carbons (Fsp3) is 0.304. The Morgan fingerprint density at radius 3 is 2.70 bits per heavy atom. The van der Waals surface area contributed by atoms with Crippen LogP contribution in [0, 0.1) is 0 Å². The second-order valence-electron chi connectivity index (χ2n) is 7.41. The topological polar surface area (TPSA) is 96.3 Å². The fourth-order valence-corrected chi connectivity index (χ4v) is 4.04. The Morgan fingerprint density at radius 1 is 1.20 bits per heavy atom. The maximum absolute atomic E-state index is 13.0. The lowest BCUT2D eigenvalue weighted by molar-refractivity contribution is -0.140. The number of rotatable bonds is 5. The number of benzene rings is 2. The van der Waals surface area contributed by atoms with Crippen LogP contribution in [-0.4, -0.2) is 53.2 Å². The molecule has 0 saturated carbocycles. The minimum atomic E-state index is -0.826. The van der Waals surface area contributed by atoms with Gasteiger partial charge in [-0.3, -0.25) is 9.59 Å². The van der Waals surface area contributed by atoms with Crippen molar-refractivity contribution < 1.29 is 29.3 Å². The third-order valence-electron chi connectivity index (χ3n) is 5.49. The second kappa shape index (κ2) is 8.20. The number of phenols is 1. The fourth-order valence-electron chi connectivity index (χ4n) is 4.04. The van der Waals surface area contributed by atoms with Gasteiger partial charge in [-0.2, -0.15) is 0 Å². The van der Waals surface area contributed by atoms with E-state index in [0.717, 1.165) is 12.8 Å². The quantitative estimate of drug-likeness (QED) is 0.448. The average molecular weight is 409 g/mol. The molecule has 7 nitrogen and oxygen atoms in total. The van der Waals surface area contributed by atoms with Crippen molar-refractivity contribution in [3.63, 3.8) is 0 Å². The van der Waals surface area contributed by atoms with Gasteiger partial charge in [-0.25, -0.2) is 0 Å². The first-order chi connectivity index (χ1) is 14.5. The summed E-state index contributed by atoms with van der Waals surface area (Å²) in [4.78, 5) is 27.3. The number of carbonyl (C=O) groups excluding carboxylic acids is 2. The van der Waals surface area contributed by atoms with Gasteiger partial charge in [0.2, 0.25) is 0 Å². The van der Waals surface area contributed by atoms with E-state index in [9.17, 15) is 19.8 Å². The molecule has 2 unspecified atom stereocenters. The summed E-state index contributed by atoms with van der Waals surface area (Å²) in [5, 5.41) is 21.0. The van der Waals surface area contributed by atoms with Crippen molar-refractivity contribution in [3.05, 3.63) is 65.2 Å². The lowest BCUT2D eigenvalue weighted by Gasteiger charge is -2.27. The lowest BCUT2D eigenvalue weighted by Crippen LogP contribution is -2.36. The number of ketones is 1. The van der Waals surface area contributed by atoms with Crippen molar-refractivity contribution in [2.24, 2.45) is 0 Å². The molecule has 2 N–H and O–H groups in total. The Bertz CT molecular complexity index is 1010. The number of hydrogen-bond acceptors (Lipinski definition) is 6. The van der Waals surface area contributed by atoms with Crippen LogP contribution in [-0.2, 0) is 14.3 Å². The number of methoxy groups -OCH3 is 1. The summed E-state index contributed by atoms with van der Waals surface area (Å²) in [6.07, 6.45) is 1.53. The van der Waals surface area contributed by atoms with Gasteiger partial charge in [0.25, 0.3) is 11.7 Å². The summed E-state index contributed by atoms with van der Waals surface area (Å²) >= 11 is 0. The molecule has 7 heteroatoms. The van der Waals surface area contributed by atoms with Crippen LogP contribution in [0.15, 0.2) is 54.1 Å². The standard InChI is InChI=1S/C23H23NO6/c1-29-17-8-3-6-15(12-17)21(26)19-20(14-5-2-7-16(25)11-14)24(23(28)22(19)27)13-18-9-4-10-30-18/h2-3,5-8,11-12,18,20,25-26H,4,9-10,13H2,1H3/b21-19-. The molecule has 2 atom stereocenters. The summed E-state index contributed by atoms with van der Waals surface area (Å²) in [5.74, 6) is -1.21. The van der Waals surface area contributed by atoms with Crippen LogP contribution < -0.4 is 4.74 Å². The Kier molecular flexibility index (Phi) is 5.46. The molecular weight excluding hydrogens is 386 g/mol. The van der Waals surface area contributed by atoms with E-state index in [-0.39, 0.29) is 29.7 Å². The van der Waals surface area contributed by atoms with Crippen molar-refractivity contribution >= 4 is 17.4 Å². The van der Waals surface area contributed by atoms with Gasteiger partial charge in [0, 0.05) is 18.7 Å². The molecule has 2 aromatic carbocycles. The van der Waals surface area contributed by atoms with Crippen LogP contribution in [0.3, 0.4) is 0 Å². The monoisotopic (exact) mass is 409 g/mol. The number of ether oxygens (including phenoxy) is 2. The largest absolute Gasteiger partial charge is 0.508 e. The Hall–Kier alpha value is -3.32.